The second-order valence-electron chi connectivity index (χ2n) is 9.44. The van der Waals surface area contributed by atoms with Gasteiger partial charge in [0.2, 0.25) is 11.8 Å². The van der Waals surface area contributed by atoms with E-state index in [4.69, 9.17) is 0 Å². The van der Waals surface area contributed by atoms with E-state index in [1.807, 2.05) is 11.9 Å². The molecule has 3 heterocycles. The molecule has 0 spiro atoms. The first-order valence-electron chi connectivity index (χ1n) is 12.5. The van der Waals surface area contributed by atoms with Crippen LogP contribution in [0.4, 0.5) is 4.39 Å². The highest BCUT2D eigenvalue weighted by molar-refractivity contribution is 5.94. The SMILES string of the molecule is CCCCC(=O)N1CCc2c(c(C(=O)N3CCC(C(=O)NCc4ccccc4F)CC3)nn2C)C1. The molecule has 0 atom stereocenters. The molecule has 8 nitrogen and oxygen atoms in total. The van der Waals surface area contributed by atoms with E-state index in [2.05, 4.69) is 17.3 Å². The fourth-order valence-electron chi connectivity index (χ4n) is 4.93. The first-order chi connectivity index (χ1) is 16.9. The highest BCUT2D eigenvalue weighted by Gasteiger charge is 2.33. The maximum Gasteiger partial charge on any atom is 0.274 e. The molecule has 0 aliphatic carbocycles. The van der Waals surface area contributed by atoms with Gasteiger partial charge in [-0.3, -0.25) is 19.1 Å². The van der Waals surface area contributed by atoms with Crippen molar-refractivity contribution in [3.63, 3.8) is 0 Å². The first-order valence-corrected chi connectivity index (χ1v) is 12.5. The molecule has 1 aromatic heterocycles. The predicted octanol–water partition coefficient (Wildman–Crippen LogP) is 2.80. The van der Waals surface area contributed by atoms with Gasteiger partial charge in [0.1, 0.15) is 5.82 Å². The van der Waals surface area contributed by atoms with Crippen molar-refractivity contribution in [2.24, 2.45) is 13.0 Å². The number of nitrogens with zero attached hydrogens (tertiary/aromatic N) is 4. The van der Waals surface area contributed by atoms with Gasteiger partial charge in [0.25, 0.3) is 5.91 Å². The van der Waals surface area contributed by atoms with Crippen LogP contribution >= 0.6 is 0 Å². The van der Waals surface area contributed by atoms with Crippen molar-refractivity contribution in [1.82, 2.24) is 24.9 Å². The first kappa shape index (κ1) is 24.9. The lowest BCUT2D eigenvalue weighted by molar-refractivity contribution is -0.132. The molecular formula is C26H34FN5O3. The van der Waals surface area contributed by atoms with Crippen LogP contribution in [0.25, 0.3) is 0 Å². The Morgan fingerprint density at radius 3 is 2.57 bits per heavy atom. The maximum atomic E-state index is 13.8. The Morgan fingerprint density at radius 2 is 1.86 bits per heavy atom. The van der Waals surface area contributed by atoms with E-state index in [0.29, 0.717) is 63.1 Å². The molecule has 9 heteroatoms. The van der Waals surface area contributed by atoms with Gasteiger partial charge in [0.05, 0.1) is 0 Å². The molecule has 0 bridgehead atoms. The number of halogens is 1. The van der Waals surface area contributed by atoms with Gasteiger partial charge in [-0.05, 0) is 25.3 Å². The average Bonchev–Trinajstić information content (AvgIpc) is 3.21. The maximum absolute atomic E-state index is 13.8. The van der Waals surface area contributed by atoms with Crippen molar-refractivity contribution >= 4 is 17.7 Å². The zero-order valence-electron chi connectivity index (χ0n) is 20.6. The lowest BCUT2D eigenvalue weighted by Gasteiger charge is -2.32. The summed E-state index contributed by atoms with van der Waals surface area (Å²) in [7, 11) is 1.84. The van der Waals surface area contributed by atoms with E-state index >= 15 is 0 Å². The summed E-state index contributed by atoms with van der Waals surface area (Å²) in [5.74, 6) is -0.679. The number of hydrogen-bond donors (Lipinski definition) is 1. The standard InChI is InChI=1S/C26H34FN5O3/c1-3-4-9-23(33)32-15-12-22-20(17-32)24(29-30(22)2)26(35)31-13-10-18(11-14-31)25(34)28-16-19-7-5-6-8-21(19)27/h5-8,18H,3-4,9-17H2,1-2H3,(H,28,34). The smallest absolute Gasteiger partial charge is 0.274 e. The van der Waals surface area contributed by atoms with Crippen molar-refractivity contribution in [2.75, 3.05) is 19.6 Å². The van der Waals surface area contributed by atoms with Crippen molar-refractivity contribution < 1.29 is 18.8 Å². The normalized spacial score (nSPS) is 16.2. The highest BCUT2D eigenvalue weighted by atomic mass is 19.1. The quantitative estimate of drug-likeness (QED) is 0.656. The fraction of sp³-hybridized carbons (Fsp3) is 0.538. The summed E-state index contributed by atoms with van der Waals surface area (Å²) < 4.78 is 15.6. The number of rotatable bonds is 7. The molecule has 2 aliphatic rings. The number of fused-ring (bicyclic) bond motifs is 1. The second kappa shape index (κ2) is 11.0. The Bertz CT molecular complexity index is 1090. The Hall–Kier alpha value is -3.23. The molecule has 0 unspecified atom stereocenters. The van der Waals surface area contributed by atoms with Crippen molar-refractivity contribution in [2.45, 2.75) is 58.5 Å². The third-order valence-electron chi connectivity index (χ3n) is 7.11. The number of aryl methyl sites for hydroxylation is 1. The molecule has 0 radical (unpaired) electrons. The summed E-state index contributed by atoms with van der Waals surface area (Å²) in [4.78, 5) is 42.1. The molecule has 0 saturated carbocycles. The molecule has 4 rings (SSSR count). The molecule has 35 heavy (non-hydrogen) atoms. The molecule has 1 aromatic carbocycles. The number of nitrogens with one attached hydrogen (secondary N) is 1. The lowest BCUT2D eigenvalue weighted by atomic mass is 9.95. The van der Waals surface area contributed by atoms with Crippen LogP contribution in [-0.4, -0.2) is 56.9 Å². The molecule has 1 saturated heterocycles. The van der Waals surface area contributed by atoms with Gasteiger partial charge in [-0.15, -0.1) is 0 Å². The number of carbonyl (C=O) groups excluding carboxylic acids is 3. The summed E-state index contributed by atoms with van der Waals surface area (Å²) in [6, 6.07) is 6.39. The summed E-state index contributed by atoms with van der Waals surface area (Å²) in [6.07, 6.45) is 4.15. The number of likely N-dealkylation sites (tertiary alicyclic amines) is 1. The van der Waals surface area contributed by atoms with Crippen LogP contribution in [0.1, 0.15) is 66.3 Å². The summed E-state index contributed by atoms with van der Waals surface area (Å²) in [5.41, 5.74) is 2.72. The third-order valence-corrected chi connectivity index (χ3v) is 7.11. The van der Waals surface area contributed by atoms with Gasteiger partial charge < -0.3 is 15.1 Å². The van der Waals surface area contributed by atoms with Crippen LogP contribution in [0.15, 0.2) is 24.3 Å². The van der Waals surface area contributed by atoms with Gasteiger partial charge in [-0.2, -0.15) is 5.10 Å². The van der Waals surface area contributed by atoms with E-state index in [9.17, 15) is 18.8 Å². The molecule has 3 amide bonds. The van der Waals surface area contributed by atoms with Crippen molar-refractivity contribution in [3.05, 3.63) is 52.6 Å². The fourth-order valence-corrected chi connectivity index (χ4v) is 4.93. The minimum atomic E-state index is -0.336. The van der Waals surface area contributed by atoms with Crippen molar-refractivity contribution in [1.29, 1.82) is 0 Å². The lowest BCUT2D eigenvalue weighted by Crippen LogP contribution is -2.43. The zero-order chi connectivity index (χ0) is 24.9. The van der Waals surface area contributed by atoms with E-state index in [0.717, 1.165) is 24.1 Å². The number of aromatic nitrogens is 2. The van der Waals surface area contributed by atoms with Crippen molar-refractivity contribution in [3.8, 4) is 0 Å². The van der Waals surface area contributed by atoms with Crippen LogP contribution < -0.4 is 5.32 Å². The molecule has 1 fully saturated rings. The summed E-state index contributed by atoms with van der Waals surface area (Å²) >= 11 is 0. The monoisotopic (exact) mass is 483 g/mol. The minimum Gasteiger partial charge on any atom is -0.352 e. The Labute approximate surface area is 205 Å². The van der Waals surface area contributed by atoms with Crippen LogP contribution in [-0.2, 0) is 36.1 Å². The molecule has 2 aromatic rings. The van der Waals surface area contributed by atoms with Crippen LogP contribution in [0.3, 0.4) is 0 Å². The summed E-state index contributed by atoms with van der Waals surface area (Å²) in [5, 5.41) is 7.35. The third kappa shape index (κ3) is 5.55. The van der Waals surface area contributed by atoms with Gasteiger partial charge in [-0.1, -0.05) is 31.5 Å². The summed E-state index contributed by atoms with van der Waals surface area (Å²) in [6.45, 7) is 4.20. The topological polar surface area (TPSA) is 87.5 Å². The number of amides is 3. The minimum absolute atomic E-state index is 0.114. The molecule has 188 valence electrons. The molecular weight excluding hydrogens is 449 g/mol. The van der Waals surface area contributed by atoms with E-state index in [-0.39, 0.29) is 36.0 Å². The second-order valence-corrected chi connectivity index (χ2v) is 9.44. The number of hydrogen-bond acceptors (Lipinski definition) is 4. The number of benzene rings is 1. The van der Waals surface area contributed by atoms with E-state index < -0.39 is 0 Å². The number of unbranched alkanes of at least 4 members (excludes halogenated alkanes) is 1. The Balaban J connectivity index is 1.35. The molecule has 2 aliphatic heterocycles. The van der Waals surface area contributed by atoms with Gasteiger partial charge >= 0.3 is 0 Å². The van der Waals surface area contributed by atoms with Crippen LogP contribution in [0, 0.1) is 11.7 Å². The predicted molar refractivity (Wildman–Crippen MR) is 129 cm³/mol. The zero-order valence-corrected chi connectivity index (χ0v) is 20.6. The van der Waals surface area contributed by atoms with Gasteiger partial charge in [-0.25, -0.2) is 4.39 Å². The van der Waals surface area contributed by atoms with Crippen LogP contribution in [0.5, 0.6) is 0 Å². The Kier molecular flexibility index (Phi) is 7.83. The van der Waals surface area contributed by atoms with E-state index in [1.54, 1.807) is 27.8 Å². The largest absolute Gasteiger partial charge is 0.352 e. The number of piperidine rings is 1. The van der Waals surface area contributed by atoms with E-state index in [1.165, 1.54) is 6.07 Å². The Morgan fingerprint density at radius 1 is 1.11 bits per heavy atom. The van der Waals surface area contributed by atoms with Gasteiger partial charge in [0, 0.05) is 75.4 Å². The van der Waals surface area contributed by atoms with Crippen LogP contribution in [0.2, 0.25) is 0 Å². The molecule has 1 N–H and O–H groups in total. The highest BCUT2D eigenvalue weighted by Crippen LogP contribution is 2.26. The average molecular weight is 484 g/mol. The number of carbonyl (C=O) groups is 3. The van der Waals surface area contributed by atoms with Gasteiger partial charge in [0.15, 0.2) is 5.69 Å².